The molecule has 0 aromatic heterocycles. The van der Waals surface area contributed by atoms with Crippen LogP contribution in [0, 0.1) is 11.6 Å². The molecule has 15 heavy (non-hydrogen) atoms. The maximum absolute atomic E-state index is 12.1. The molecular formula is C12H10F2O. The van der Waals surface area contributed by atoms with Crippen LogP contribution in [0.3, 0.4) is 0 Å². The first-order valence-corrected chi connectivity index (χ1v) is 4.34. The molecule has 2 aromatic carbocycles. The molecule has 0 saturated heterocycles. The van der Waals surface area contributed by atoms with Gasteiger partial charge in [0.15, 0.2) is 11.6 Å². The van der Waals surface area contributed by atoms with Gasteiger partial charge in [-0.1, -0.05) is 30.3 Å². The van der Waals surface area contributed by atoms with Gasteiger partial charge in [-0.3, -0.25) is 0 Å². The Morgan fingerprint density at radius 3 is 1.60 bits per heavy atom. The van der Waals surface area contributed by atoms with Crippen molar-refractivity contribution in [1.82, 2.24) is 0 Å². The summed E-state index contributed by atoms with van der Waals surface area (Å²) in [4.78, 5) is 0. The maximum Gasteiger partial charge on any atom is 0.164 e. The molecule has 1 N–H and O–H groups in total. The van der Waals surface area contributed by atoms with Gasteiger partial charge < -0.3 is 5.11 Å². The zero-order valence-corrected chi connectivity index (χ0v) is 7.90. The van der Waals surface area contributed by atoms with E-state index in [1.807, 2.05) is 0 Å². The molecule has 0 saturated carbocycles. The molecule has 0 bridgehead atoms. The van der Waals surface area contributed by atoms with Gasteiger partial charge in [0.2, 0.25) is 0 Å². The SMILES string of the molecule is Fc1ccccc1.Oc1ccccc1F. The second-order valence-corrected chi connectivity index (χ2v) is 2.75. The Kier molecular flexibility index (Phi) is 4.29. The van der Waals surface area contributed by atoms with Gasteiger partial charge in [-0.2, -0.15) is 0 Å². The lowest BCUT2D eigenvalue weighted by atomic mass is 10.3. The van der Waals surface area contributed by atoms with E-state index in [-0.39, 0.29) is 11.6 Å². The van der Waals surface area contributed by atoms with Gasteiger partial charge in [-0.05, 0) is 24.3 Å². The molecule has 2 rings (SSSR count). The predicted octanol–water partition coefficient (Wildman–Crippen LogP) is 3.36. The minimum Gasteiger partial charge on any atom is -0.505 e. The fourth-order valence-corrected chi connectivity index (χ4v) is 0.866. The molecular weight excluding hydrogens is 198 g/mol. The Bertz CT molecular complexity index is 380. The van der Waals surface area contributed by atoms with Crippen molar-refractivity contribution in [2.75, 3.05) is 0 Å². The first kappa shape index (κ1) is 11.2. The van der Waals surface area contributed by atoms with Crippen molar-refractivity contribution in [2.24, 2.45) is 0 Å². The quantitative estimate of drug-likeness (QED) is 0.703. The summed E-state index contributed by atoms with van der Waals surface area (Å²) in [5, 5.41) is 8.54. The third kappa shape index (κ3) is 4.22. The summed E-state index contributed by atoms with van der Waals surface area (Å²) in [6.45, 7) is 0. The molecule has 0 amide bonds. The highest BCUT2D eigenvalue weighted by Gasteiger charge is 1.92. The average molecular weight is 208 g/mol. The van der Waals surface area contributed by atoms with Gasteiger partial charge in [-0.25, -0.2) is 8.78 Å². The first-order valence-electron chi connectivity index (χ1n) is 4.34. The van der Waals surface area contributed by atoms with E-state index in [2.05, 4.69) is 0 Å². The molecule has 3 heteroatoms. The predicted molar refractivity (Wildman–Crippen MR) is 54.5 cm³/mol. The third-order valence-corrected chi connectivity index (χ3v) is 1.59. The van der Waals surface area contributed by atoms with Crippen molar-refractivity contribution in [3.05, 3.63) is 66.2 Å². The van der Waals surface area contributed by atoms with E-state index < -0.39 is 5.82 Å². The highest BCUT2D eigenvalue weighted by molar-refractivity contribution is 5.21. The number of hydrogen-bond acceptors (Lipinski definition) is 1. The Balaban J connectivity index is 0.000000151. The number of rotatable bonds is 0. The van der Waals surface area contributed by atoms with Crippen LogP contribution >= 0.6 is 0 Å². The van der Waals surface area contributed by atoms with Gasteiger partial charge in [0.1, 0.15) is 5.82 Å². The molecule has 1 nitrogen and oxygen atoms in total. The molecule has 0 radical (unpaired) electrons. The Labute approximate surface area is 86.6 Å². The molecule has 0 heterocycles. The number of benzene rings is 2. The van der Waals surface area contributed by atoms with Crippen molar-refractivity contribution in [3.8, 4) is 5.75 Å². The highest BCUT2D eigenvalue weighted by Crippen LogP contribution is 2.11. The van der Waals surface area contributed by atoms with Crippen LogP contribution in [-0.4, -0.2) is 5.11 Å². The lowest BCUT2D eigenvalue weighted by Crippen LogP contribution is -1.70. The smallest absolute Gasteiger partial charge is 0.164 e. The summed E-state index contributed by atoms with van der Waals surface area (Å²) in [5.74, 6) is -1.05. The molecule has 0 aliphatic rings. The van der Waals surface area contributed by atoms with Crippen LogP contribution in [0.15, 0.2) is 54.6 Å². The van der Waals surface area contributed by atoms with Crippen molar-refractivity contribution in [2.45, 2.75) is 0 Å². The zero-order chi connectivity index (χ0) is 11.1. The normalized spacial score (nSPS) is 8.93. The number of phenols is 1. The Morgan fingerprint density at radius 2 is 1.27 bits per heavy atom. The van der Waals surface area contributed by atoms with Crippen LogP contribution in [0.25, 0.3) is 0 Å². The molecule has 0 atom stereocenters. The van der Waals surface area contributed by atoms with Crippen molar-refractivity contribution < 1.29 is 13.9 Å². The summed E-state index contributed by atoms with van der Waals surface area (Å²) in [7, 11) is 0. The van der Waals surface area contributed by atoms with Crippen LogP contribution < -0.4 is 0 Å². The van der Waals surface area contributed by atoms with Crippen LogP contribution in [-0.2, 0) is 0 Å². The standard InChI is InChI=1S/C6H5FO.C6H5F/c7-5-3-1-2-4-6(5)8;7-6-4-2-1-3-5-6/h1-4,8H;1-5H. The monoisotopic (exact) mass is 208 g/mol. The maximum atomic E-state index is 12.1. The molecule has 0 aliphatic heterocycles. The second-order valence-electron chi connectivity index (χ2n) is 2.75. The van der Waals surface area contributed by atoms with Crippen LogP contribution in [0.5, 0.6) is 5.75 Å². The Morgan fingerprint density at radius 1 is 0.733 bits per heavy atom. The van der Waals surface area contributed by atoms with E-state index in [0.29, 0.717) is 0 Å². The highest BCUT2D eigenvalue weighted by atomic mass is 19.1. The van der Waals surface area contributed by atoms with Crippen molar-refractivity contribution in [3.63, 3.8) is 0 Å². The lowest BCUT2D eigenvalue weighted by Gasteiger charge is -1.88. The fraction of sp³-hybridized carbons (Fsp3) is 0. The van der Waals surface area contributed by atoms with Crippen LogP contribution in [0.2, 0.25) is 0 Å². The van der Waals surface area contributed by atoms with Gasteiger partial charge in [0.25, 0.3) is 0 Å². The molecule has 2 aromatic rings. The molecule has 0 fully saturated rings. The summed E-state index contributed by atoms with van der Waals surface area (Å²) >= 11 is 0. The number of halogens is 2. The zero-order valence-electron chi connectivity index (χ0n) is 7.90. The van der Waals surface area contributed by atoms with E-state index >= 15 is 0 Å². The first-order chi connectivity index (χ1) is 7.20. The van der Waals surface area contributed by atoms with E-state index in [1.165, 1.54) is 30.3 Å². The molecule has 0 aliphatic carbocycles. The average Bonchev–Trinajstić information content (AvgIpc) is 2.25. The van der Waals surface area contributed by atoms with Crippen molar-refractivity contribution in [1.29, 1.82) is 0 Å². The second kappa shape index (κ2) is 5.75. The molecule has 0 spiro atoms. The largest absolute Gasteiger partial charge is 0.505 e. The summed E-state index contributed by atoms with van der Waals surface area (Å²) in [6, 6.07) is 13.5. The van der Waals surface area contributed by atoms with E-state index in [0.717, 1.165) is 0 Å². The number of aromatic hydroxyl groups is 1. The van der Waals surface area contributed by atoms with Gasteiger partial charge in [0.05, 0.1) is 0 Å². The molecule has 78 valence electrons. The van der Waals surface area contributed by atoms with Gasteiger partial charge >= 0.3 is 0 Å². The van der Waals surface area contributed by atoms with Gasteiger partial charge in [0, 0.05) is 0 Å². The van der Waals surface area contributed by atoms with Crippen molar-refractivity contribution >= 4 is 0 Å². The number of phenolic OH excluding ortho intramolecular Hbond substituents is 1. The minimum absolute atomic E-state index is 0.178. The van der Waals surface area contributed by atoms with Gasteiger partial charge in [-0.15, -0.1) is 0 Å². The summed E-state index contributed by atoms with van der Waals surface area (Å²) < 4.78 is 24.0. The van der Waals surface area contributed by atoms with Crippen LogP contribution in [0.4, 0.5) is 8.78 Å². The summed E-state index contributed by atoms with van der Waals surface area (Å²) in [5.41, 5.74) is 0. The molecule has 0 unspecified atom stereocenters. The van der Waals surface area contributed by atoms with E-state index in [4.69, 9.17) is 5.11 Å². The summed E-state index contributed by atoms with van der Waals surface area (Å²) in [6.07, 6.45) is 0. The Hall–Kier alpha value is -1.90. The number of para-hydroxylation sites is 1. The fourth-order valence-electron chi connectivity index (χ4n) is 0.866. The van der Waals surface area contributed by atoms with E-state index in [9.17, 15) is 8.78 Å². The van der Waals surface area contributed by atoms with E-state index in [1.54, 1.807) is 24.3 Å². The van der Waals surface area contributed by atoms with Crippen LogP contribution in [0.1, 0.15) is 0 Å². The minimum atomic E-state index is -0.576. The number of hydrogen-bond donors (Lipinski definition) is 1. The lowest BCUT2D eigenvalue weighted by molar-refractivity contribution is 0.432. The topological polar surface area (TPSA) is 20.2 Å². The third-order valence-electron chi connectivity index (χ3n) is 1.59.